The molecule has 0 saturated heterocycles. The molecule has 6 nitrogen and oxygen atoms in total. The van der Waals surface area contributed by atoms with Crippen LogP contribution in [0.4, 0.5) is 0 Å². The van der Waals surface area contributed by atoms with E-state index < -0.39 is 0 Å². The summed E-state index contributed by atoms with van der Waals surface area (Å²) in [5.41, 5.74) is 3.19. The standard InChI is InChI=1S/C22H22ClN5OS/c23-21-20(22(29)25-14-15-8-6-7-13-24-15)28-19(30-21)12-3-1-2-11-18-26-16-9-4-5-10-17(16)27-18/h4-10,13H,1-3,11-12,14H2,(H,25,29)(H,26,27). The molecule has 1 aromatic carbocycles. The van der Waals surface area contributed by atoms with Gasteiger partial charge in [-0.3, -0.25) is 9.78 Å². The number of aromatic nitrogens is 4. The second-order valence-corrected chi connectivity index (χ2v) is 8.68. The molecule has 0 aliphatic carbocycles. The second-order valence-electron chi connectivity index (χ2n) is 6.99. The van der Waals surface area contributed by atoms with Gasteiger partial charge < -0.3 is 10.3 Å². The van der Waals surface area contributed by atoms with E-state index in [1.54, 1.807) is 6.20 Å². The number of benzene rings is 1. The molecule has 1 amide bonds. The molecule has 3 aromatic heterocycles. The smallest absolute Gasteiger partial charge is 0.272 e. The molecule has 0 radical (unpaired) electrons. The predicted molar refractivity (Wildman–Crippen MR) is 120 cm³/mol. The van der Waals surface area contributed by atoms with E-state index in [1.807, 2.05) is 42.5 Å². The van der Waals surface area contributed by atoms with Gasteiger partial charge in [0.05, 0.1) is 28.3 Å². The molecule has 2 N–H and O–H groups in total. The summed E-state index contributed by atoms with van der Waals surface area (Å²) in [6.45, 7) is 0.352. The van der Waals surface area contributed by atoms with E-state index in [0.29, 0.717) is 16.6 Å². The maximum absolute atomic E-state index is 12.4. The molecule has 0 spiro atoms. The first kappa shape index (κ1) is 20.5. The van der Waals surface area contributed by atoms with Crippen molar-refractivity contribution in [3.05, 3.63) is 75.2 Å². The van der Waals surface area contributed by atoms with Crippen LogP contribution in [-0.4, -0.2) is 25.8 Å². The fourth-order valence-electron chi connectivity index (χ4n) is 3.22. The molecule has 0 fully saturated rings. The molecule has 0 aliphatic heterocycles. The first-order valence-electron chi connectivity index (χ1n) is 9.96. The third-order valence-electron chi connectivity index (χ3n) is 4.74. The normalized spacial score (nSPS) is 11.1. The average molecular weight is 440 g/mol. The number of amides is 1. The fraction of sp³-hybridized carbons (Fsp3) is 0.273. The summed E-state index contributed by atoms with van der Waals surface area (Å²) in [6.07, 6.45) is 6.56. The van der Waals surface area contributed by atoms with Gasteiger partial charge in [0.25, 0.3) is 5.91 Å². The van der Waals surface area contributed by atoms with Gasteiger partial charge >= 0.3 is 0 Å². The van der Waals surface area contributed by atoms with Crippen molar-refractivity contribution in [2.45, 2.75) is 38.6 Å². The molecular formula is C22H22ClN5OS. The molecule has 8 heteroatoms. The van der Waals surface area contributed by atoms with E-state index in [9.17, 15) is 4.79 Å². The molecule has 30 heavy (non-hydrogen) atoms. The second kappa shape index (κ2) is 9.82. The number of unbranched alkanes of at least 4 members (excludes halogenated alkanes) is 2. The van der Waals surface area contributed by atoms with E-state index in [-0.39, 0.29) is 5.91 Å². The highest BCUT2D eigenvalue weighted by molar-refractivity contribution is 7.16. The lowest BCUT2D eigenvalue weighted by atomic mass is 10.1. The minimum atomic E-state index is -0.266. The number of H-pyrrole nitrogens is 1. The molecule has 3 heterocycles. The van der Waals surface area contributed by atoms with Crippen LogP contribution < -0.4 is 5.32 Å². The van der Waals surface area contributed by atoms with Crippen LogP contribution >= 0.6 is 22.9 Å². The highest BCUT2D eigenvalue weighted by Crippen LogP contribution is 2.25. The summed E-state index contributed by atoms with van der Waals surface area (Å²) in [4.78, 5) is 29.0. The van der Waals surface area contributed by atoms with Gasteiger partial charge in [0.2, 0.25) is 0 Å². The van der Waals surface area contributed by atoms with Crippen molar-refractivity contribution in [1.29, 1.82) is 0 Å². The number of carbonyl (C=O) groups excluding carboxylic acids is 1. The number of carbonyl (C=O) groups is 1. The lowest BCUT2D eigenvalue weighted by Gasteiger charge is -2.02. The number of aromatic amines is 1. The first-order valence-corrected chi connectivity index (χ1v) is 11.2. The maximum Gasteiger partial charge on any atom is 0.272 e. The molecule has 0 saturated carbocycles. The lowest BCUT2D eigenvalue weighted by molar-refractivity contribution is 0.0946. The number of hydrogen-bond donors (Lipinski definition) is 2. The number of imidazole rings is 1. The maximum atomic E-state index is 12.4. The highest BCUT2D eigenvalue weighted by Gasteiger charge is 2.16. The zero-order chi connectivity index (χ0) is 20.8. The molecular weight excluding hydrogens is 418 g/mol. The summed E-state index contributed by atoms with van der Waals surface area (Å²) in [6, 6.07) is 13.7. The van der Waals surface area contributed by atoms with Crippen molar-refractivity contribution in [2.75, 3.05) is 0 Å². The molecule has 0 unspecified atom stereocenters. The van der Waals surface area contributed by atoms with Crippen LogP contribution in [0.1, 0.15) is 46.3 Å². The van der Waals surface area contributed by atoms with E-state index in [0.717, 1.165) is 59.7 Å². The number of para-hydroxylation sites is 2. The highest BCUT2D eigenvalue weighted by atomic mass is 35.5. The zero-order valence-electron chi connectivity index (χ0n) is 16.4. The number of halogens is 1. The Kier molecular flexibility index (Phi) is 6.71. The van der Waals surface area contributed by atoms with Crippen LogP contribution in [0.3, 0.4) is 0 Å². The summed E-state index contributed by atoms with van der Waals surface area (Å²) >= 11 is 7.63. The summed E-state index contributed by atoms with van der Waals surface area (Å²) in [5.74, 6) is 0.762. The Labute approximate surface area is 183 Å². The molecule has 4 rings (SSSR count). The van der Waals surface area contributed by atoms with E-state index in [4.69, 9.17) is 11.6 Å². The third-order valence-corrected chi connectivity index (χ3v) is 6.06. The Hall–Kier alpha value is -2.77. The van der Waals surface area contributed by atoms with Crippen molar-refractivity contribution in [3.63, 3.8) is 0 Å². The monoisotopic (exact) mass is 439 g/mol. The third kappa shape index (κ3) is 5.23. The van der Waals surface area contributed by atoms with Gasteiger partial charge in [-0.1, -0.05) is 36.2 Å². The van der Waals surface area contributed by atoms with Gasteiger partial charge in [-0.25, -0.2) is 9.97 Å². The summed E-state index contributed by atoms with van der Waals surface area (Å²) in [5, 5.41) is 3.72. The van der Waals surface area contributed by atoms with Gasteiger partial charge in [0.15, 0.2) is 5.69 Å². The first-order chi connectivity index (χ1) is 14.7. The van der Waals surface area contributed by atoms with Gasteiger partial charge in [0, 0.05) is 12.6 Å². The van der Waals surface area contributed by atoms with Crippen LogP contribution in [0.2, 0.25) is 4.34 Å². The Morgan fingerprint density at radius 2 is 1.87 bits per heavy atom. The van der Waals surface area contributed by atoms with E-state index in [2.05, 4.69) is 25.3 Å². The SMILES string of the molecule is O=C(NCc1ccccn1)c1nc(CCCCCc2nc3ccccc3[nH]2)sc1Cl. The van der Waals surface area contributed by atoms with Crippen molar-refractivity contribution in [2.24, 2.45) is 0 Å². The largest absolute Gasteiger partial charge is 0.345 e. The average Bonchev–Trinajstić information content (AvgIpc) is 3.35. The van der Waals surface area contributed by atoms with Crippen molar-refractivity contribution in [1.82, 2.24) is 25.3 Å². The van der Waals surface area contributed by atoms with Gasteiger partial charge in [0.1, 0.15) is 10.2 Å². The van der Waals surface area contributed by atoms with Gasteiger partial charge in [-0.05, 0) is 43.5 Å². The van der Waals surface area contributed by atoms with Crippen LogP contribution in [0.15, 0.2) is 48.7 Å². The number of aryl methyl sites for hydroxylation is 2. The molecule has 4 aromatic rings. The molecule has 0 bridgehead atoms. The minimum absolute atomic E-state index is 0.266. The Bertz CT molecular complexity index is 1090. The van der Waals surface area contributed by atoms with E-state index in [1.165, 1.54) is 11.3 Å². The number of nitrogens with zero attached hydrogens (tertiary/aromatic N) is 3. The van der Waals surface area contributed by atoms with Gasteiger partial charge in [-0.2, -0.15) is 0 Å². The number of rotatable bonds is 9. The molecule has 154 valence electrons. The zero-order valence-corrected chi connectivity index (χ0v) is 18.0. The number of nitrogens with one attached hydrogen (secondary N) is 2. The number of thiazole rings is 1. The predicted octanol–water partition coefficient (Wildman–Crippen LogP) is 4.95. The fourth-order valence-corrected chi connectivity index (χ4v) is 4.44. The van der Waals surface area contributed by atoms with Gasteiger partial charge in [-0.15, -0.1) is 11.3 Å². The number of hydrogen-bond acceptors (Lipinski definition) is 5. The van der Waals surface area contributed by atoms with Crippen LogP contribution in [0.25, 0.3) is 11.0 Å². The Morgan fingerprint density at radius 1 is 1.03 bits per heavy atom. The Balaban J connectivity index is 1.22. The summed E-state index contributed by atoms with van der Waals surface area (Å²) < 4.78 is 0.436. The molecule has 0 aliphatic rings. The minimum Gasteiger partial charge on any atom is -0.345 e. The van der Waals surface area contributed by atoms with Crippen molar-refractivity contribution < 1.29 is 4.79 Å². The Morgan fingerprint density at radius 3 is 2.70 bits per heavy atom. The quantitative estimate of drug-likeness (QED) is 0.361. The van der Waals surface area contributed by atoms with Crippen molar-refractivity contribution in [3.8, 4) is 0 Å². The van der Waals surface area contributed by atoms with Crippen LogP contribution in [-0.2, 0) is 19.4 Å². The molecule has 0 atom stereocenters. The topological polar surface area (TPSA) is 83.6 Å². The summed E-state index contributed by atoms with van der Waals surface area (Å²) in [7, 11) is 0. The van der Waals surface area contributed by atoms with Crippen molar-refractivity contribution >= 4 is 39.9 Å². The van der Waals surface area contributed by atoms with E-state index >= 15 is 0 Å². The lowest BCUT2D eigenvalue weighted by Crippen LogP contribution is -2.23. The number of fused-ring (bicyclic) bond motifs is 1. The number of pyridine rings is 1. The van der Waals surface area contributed by atoms with Crippen LogP contribution in [0.5, 0.6) is 0 Å². The van der Waals surface area contributed by atoms with Crippen LogP contribution in [0, 0.1) is 0 Å².